The highest BCUT2D eigenvalue weighted by atomic mass is 16.2. The third-order valence-electron chi connectivity index (χ3n) is 6.03. The van der Waals surface area contributed by atoms with Gasteiger partial charge in [0.2, 0.25) is 0 Å². The minimum Gasteiger partial charge on any atom is -0.335 e. The molecule has 26 heavy (non-hydrogen) atoms. The fraction of sp³-hybridized carbons (Fsp3) is 0.944. The first-order chi connectivity index (χ1) is 12.6. The van der Waals surface area contributed by atoms with Gasteiger partial charge in [-0.2, -0.15) is 0 Å². The molecule has 0 spiro atoms. The summed E-state index contributed by atoms with van der Waals surface area (Å²) in [5, 5.41) is 20.0. The Bertz CT molecular complexity index is 449. The molecule has 150 valence electrons. The molecule has 0 aromatic heterocycles. The second-order valence-electron chi connectivity index (χ2n) is 8.19. The van der Waals surface area contributed by atoms with Gasteiger partial charge in [-0.05, 0) is 83.5 Å². The highest BCUT2D eigenvalue weighted by molar-refractivity contribution is 5.74. The number of rotatable bonds is 6. The first kappa shape index (κ1) is 19.8. The summed E-state index contributed by atoms with van der Waals surface area (Å²) in [7, 11) is 0. The Hall–Kier alpha value is -0.930. The van der Waals surface area contributed by atoms with Crippen molar-refractivity contribution in [2.45, 2.75) is 70.0 Å². The maximum Gasteiger partial charge on any atom is 0.317 e. The van der Waals surface area contributed by atoms with Gasteiger partial charge in [0.15, 0.2) is 0 Å². The number of piperidine rings is 1. The Morgan fingerprint density at radius 2 is 2.00 bits per heavy atom. The fourth-order valence-corrected chi connectivity index (χ4v) is 4.65. The Morgan fingerprint density at radius 3 is 2.85 bits per heavy atom. The molecule has 6 atom stereocenters. The normalized spacial score (nSPS) is 37.6. The van der Waals surface area contributed by atoms with Gasteiger partial charge in [0.25, 0.3) is 0 Å². The summed E-state index contributed by atoms with van der Waals surface area (Å²) in [5.74, 6) is 1.56. The van der Waals surface area contributed by atoms with Crippen LogP contribution in [0.5, 0.6) is 0 Å². The van der Waals surface area contributed by atoms with Crippen molar-refractivity contribution in [2.24, 2.45) is 17.6 Å². The Balaban J connectivity index is 1.40. The monoisotopic (exact) mass is 367 g/mol. The summed E-state index contributed by atoms with van der Waals surface area (Å²) in [6, 6.07) is 0.536. The molecule has 8 heteroatoms. The molecule has 3 rings (SSSR count). The van der Waals surface area contributed by atoms with E-state index in [4.69, 9.17) is 5.73 Å². The number of urea groups is 1. The molecule has 3 aliphatic rings. The van der Waals surface area contributed by atoms with Crippen LogP contribution in [-0.2, 0) is 0 Å². The van der Waals surface area contributed by atoms with Gasteiger partial charge in [-0.1, -0.05) is 0 Å². The maximum absolute atomic E-state index is 12.5. The van der Waals surface area contributed by atoms with E-state index in [1.54, 1.807) is 0 Å². The van der Waals surface area contributed by atoms with Crippen LogP contribution in [0.1, 0.15) is 45.4 Å². The van der Waals surface area contributed by atoms with Crippen LogP contribution in [0.25, 0.3) is 0 Å². The molecule has 3 fully saturated rings. The molecule has 2 heterocycles. The van der Waals surface area contributed by atoms with Gasteiger partial charge >= 0.3 is 6.03 Å². The van der Waals surface area contributed by atoms with Crippen molar-refractivity contribution in [3.63, 3.8) is 0 Å². The molecule has 1 saturated carbocycles. The average molecular weight is 368 g/mol. The zero-order valence-electron chi connectivity index (χ0n) is 16.0. The van der Waals surface area contributed by atoms with E-state index in [1.165, 1.54) is 12.8 Å². The molecule has 0 radical (unpaired) electrons. The summed E-state index contributed by atoms with van der Waals surface area (Å²) in [6.45, 7) is 5.97. The molecule has 8 N–H and O–H groups in total. The molecular weight excluding hydrogens is 330 g/mol. The Morgan fingerprint density at radius 1 is 1.12 bits per heavy atom. The number of nitrogens with two attached hydrogens (primary N) is 1. The second kappa shape index (κ2) is 9.85. The van der Waals surface area contributed by atoms with E-state index in [2.05, 4.69) is 38.8 Å². The van der Waals surface area contributed by atoms with Crippen molar-refractivity contribution >= 4 is 6.03 Å². The predicted octanol–water partition coefficient (Wildman–Crippen LogP) is -0.417. The number of carbonyl (C=O) groups excluding carboxylic acids is 1. The van der Waals surface area contributed by atoms with Gasteiger partial charge in [-0.25, -0.2) is 4.79 Å². The summed E-state index contributed by atoms with van der Waals surface area (Å²) >= 11 is 0. The minimum atomic E-state index is -0.221. The lowest BCUT2D eigenvalue weighted by atomic mass is 9.74. The van der Waals surface area contributed by atoms with Gasteiger partial charge in [0, 0.05) is 12.1 Å². The number of hydrogen-bond acceptors (Lipinski definition) is 6. The molecule has 2 aliphatic heterocycles. The first-order valence-corrected chi connectivity index (χ1v) is 10.4. The molecule has 0 bridgehead atoms. The van der Waals surface area contributed by atoms with Crippen LogP contribution < -0.4 is 37.6 Å². The topological polar surface area (TPSA) is 115 Å². The van der Waals surface area contributed by atoms with Gasteiger partial charge in [-0.3, -0.25) is 10.6 Å². The number of fused-ring (bicyclic) bond motifs is 1. The summed E-state index contributed by atoms with van der Waals surface area (Å²) in [4.78, 5) is 12.5. The van der Waals surface area contributed by atoms with Gasteiger partial charge < -0.3 is 27.0 Å². The smallest absolute Gasteiger partial charge is 0.317 e. The van der Waals surface area contributed by atoms with E-state index in [-0.39, 0.29) is 24.5 Å². The number of hydrogen-bond donors (Lipinski definition) is 7. The van der Waals surface area contributed by atoms with Crippen molar-refractivity contribution in [1.29, 1.82) is 0 Å². The van der Waals surface area contributed by atoms with Crippen LogP contribution in [0.3, 0.4) is 0 Å². The van der Waals surface area contributed by atoms with Crippen molar-refractivity contribution in [2.75, 3.05) is 26.2 Å². The van der Waals surface area contributed by atoms with E-state index >= 15 is 0 Å². The van der Waals surface area contributed by atoms with Gasteiger partial charge in [0.1, 0.15) is 6.29 Å². The molecule has 6 unspecified atom stereocenters. The van der Waals surface area contributed by atoms with Gasteiger partial charge in [0.05, 0.1) is 6.17 Å². The largest absolute Gasteiger partial charge is 0.335 e. The van der Waals surface area contributed by atoms with E-state index in [0.29, 0.717) is 18.5 Å². The number of nitrogens with one attached hydrogen (secondary N) is 6. The maximum atomic E-state index is 12.5. The quantitative estimate of drug-likeness (QED) is 0.321. The molecule has 8 nitrogen and oxygen atoms in total. The second-order valence-corrected chi connectivity index (χ2v) is 8.19. The SMILES string of the molecule is CC1CC(NCCCN)NC(NC(=O)NC2CCC3CCNCC3C2)N1. The Kier molecular flexibility index (Phi) is 7.51. The Labute approximate surface area is 157 Å². The van der Waals surface area contributed by atoms with E-state index < -0.39 is 0 Å². The van der Waals surface area contributed by atoms with Crippen molar-refractivity contribution < 1.29 is 4.79 Å². The summed E-state index contributed by atoms with van der Waals surface area (Å²) in [6.07, 6.45) is 6.61. The molecular formula is C18H37N7O. The van der Waals surface area contributed by atoms with Crippen molar-refractivity contribution in [3.05, 3.63) is 0 Å². The minimum absolute atomic E-state index is 0.0861. The molecule has 0 aromatic carbocycles. The third kappa shape index (κ3) is 5.79. The number of amides is 2. The third-order valence-corrected chi connectivity index (χ3v) is 6.03. The predicted molar refractivity (Wildman–Crippen MR) is 103 cm³/mol. The van der Waals surface area contributed by atoms with Crippen LogP contribution >= 0.6 is 0 Å². The first-order valence-electron chi connectivity index (χ1n) is 10.4. The zero-order chi connectivity index (χ0) is 18.4. The van der Waals surface area contributed by atoms with Crippen LogP contribution in [0.15, 0.2) is 0 Å². The number of carbonyl (C=O) groups is 1. The fourth-order valence-electron chi connectivity index (χ4n) is 4.65. The van der Waals surface area contributed by atoms with Crippen molar-refractivity contribution in [3.8, 4) is 0 Å². The van der Waals surface area contributed by atoms with E-state index in [0.717, 1.165) is 51.2 Å². The lowest BCUT2D eigenvalue weighted by Gasteiger charge is -2.40. The highest BCUT2D eigenvalue weighted by Crippen LogP contribution is 2.33. The van der Waals surface area contributed by atoms with E-state index in [9.17, 15) is 4.79 Å². The zero-order valence-corrected chi connectivity index (χ0v) is 16.0. The molecule has 0 aromatic rings. The standard InChI is InChI=1S/C18H37N7O/c1-12-9-16(21-7-2-6-19)24-17(22-12)25-18(26)23-15-4-3-13-5-8-20-11-14(13)10-15/h12-17,20-22,24H,2-11,19H2,1H3,(H2,23,25,26). The van der Waals surface area contributed by atoms with Crippen molar-refractivity contribution in [1.82, 2.24) is 31.9 Å². The molecule has 2 saturated heterocycles. The summed E-state index contributed by atoms with van der Waals surface area (Å²) < 4.78 is 0. The van der Waals surface area contributed by atoms with Crippen LogP contribution in [0.4, 0.5) is 4.79 Å². The highest BCUT2D eigenvalue weighted by Gasteiger charge is 2.33. The summed E-state index contributed by atoms with van der Waals surface area (Å²) in [5.41, 5.74) is 5.55. The lowest BCUT2D eigenvalue weighted by molar-refractivity contribution is 0.151. The molecule has 2 amide bonds. The van der Waals surface area contributed by atoms with Gasteiger partial charge in [-0.15, -0.1) is 0 Å². The van der Waals surface area contributed by atoms with E-state index in [1.807, 2.05) is 0 Å². The lowest BCUT2D eigenvalue weighted by Crippen LogP contribution is -2.68. The van der Waals surface area contributed by atoms with Crippen LogP contribution in [0, 0.1) is 11.8 Å². The van der Waals surface area contributed by atoms with Crippen LogP contribution in [0.2, 0.25) is 0 Å². The molecule has 1 aliphatic carbocycles. The average Bonchev–Trinajstić information content (AvgIpc) is 2.61. The van der Waals surface area contributed by atoms with Crippen LogP contribution in [-0.4, -0.2) is 56.7 Å².